The molecule has 0 bridgehead atoms. The quantitative estimate of drug-likeness (QED) is 0.533. The summed E-state index contributed by atoms with van der Waals surface area (Å²) < 4.78 is 1.74. The van der Waals surface area contributed by atoms with Crippen LogP contribution in [0.3, 0.4) is 0 Å². The van der Waals surface area contributed by atoms with Crippen molar-refractivity contribution in [2.45, 2.75) is 27.7 Å². The Balaban J connectivity index is 1.68. The highest BCUT2D eigenvalue weighted by Gasteiger charge is 2.22. The van der Waals surface area contributed by atoms with E-state index in [0.717, 1.165) is 39.4 Å². The third-order valence-corrected chi connectivity index (χ3v) is 4.86. The van der Waals surface area contributed by atoms with Gasteiger partial charge in [-0.25, -0.2) is 14.5 Å². The molecule has 3 aromatic heterocycles. The Morgan fingerprint density at radius 1 is 1.03 bits per heavy atom. The number of pyridine rings is 1. The predicted molar refractivity (Wildman–Crippen MR) is 119 cm³/mol. The van der Waals surface area contributed by atoms with E-state index >= 15 is 0 Å². The number of amides is 1. The fraction of sp³-hybridized carbons (Fsp3) is 0.217. The topological polar surface area (TPSA) is 98.2 Å². The Kier molecular flexibility index (Phi) is 4.73. The van der Waals surface area contributed by atoms with E-state index in [1.807, 2.05) is 70.3 Å². The van der Waals surface area contributed by atoms with Crippen LogP contribution in [0.5, 0.6) is 0 Å². The first kappa shape index (κ1) is 19.6. The van der Waals surface area contributed by atoms with Gasteiger partial charge in [0.1, 0.15) is 5.82 Å². The van der Waals surface area contributed by atoms with Gasteiger partial charge in [-0.2, -0.15) is 5.10 Å². The molecule has 4 aromatic rings. The molecule has 3 heterocycles. The van der Waals surface area contributed by atoms with E-state index in [9.17, 15) is 4.79 Å². The molecule has 152 valence electrons. The largest absolute Gasteiger partial charge is 0.384 e. The SMILES string of the molecule is Cc1ccc(-c2cn3nc(-c4ccc(N)nc4)ccc3n2)cc1NC(=O)C(C)(C)C. The average Bonchev–Trinajstić information content (AvgIpc) is 3.12. The molecule has 0 aliphatic rings. The fourth-order valence-corrected chi connectivity index (χ4v) is 2.96. The molecule has 0 spiro atoms. The van der Waals surface area contributed by atoms with Gasteiger partial charge in [0, 0.05) is 28.4 Å². The van der Waals surface area contributed by atoms with Gasteiger partial charge in [0.25, 0.3) is 0 Å². The van der Waals surface area contributed by atoms with Gasteiger partial charge in [-0.15, -0.1) is 0 Å². The molecule has 0 unspecified atom stereocenters. The number of hydrogen-bond acceptors (Lipinski definition) is 5. The molecule has 4 rings (SSSR count). The van der Waals surface area contributed by atoms with Gasteiger partial charge < -0.3 is 11.1 Å². The number of carbonyl (C=O) groups is 1. The molecular formula is C23H24N6O. The minimum atomic E-state index is -0.469. The van der Waals surface area contributed by atoms with Crippen LogP contribution in [0.1, 0.15) is 26.3 Å². The van der Waals surface area contributed by atoms with Crippen LogP contribution in [-0.4, -0.2) is 25.5 Å². The number of fused-ring (bicyclic) bond motifs is 1. The molecule has 0 atom stereocenters. The molecule has 3 N–H and O–H groups in total. The van der Waals surface area contributed by atoms with Crippen molar-refractivity contribution < 1.29 is 4.79 Å². The van der Waals surface area contributed by atoms with Crippen molar-refractivity contribution in [3.05, 3.63) is 60.4 Å². The normalized spacial score (nSPS) is 11.6. The van der Waals surface area contributed by atoms with E-state index in [2.05, 4.69) is 20.4 Å². The van der Waals surface area contributed by atoms with E-state index in [1.165, 1.54) is 0 Å². The number of anilines is 2. The summed E-state index contributed by atoms with van der Waals surface area (Å²) in [4.78, 5) is 21.2. The molecule has 0 aliphatic carbocycles. The Morgan fingerprint density at radius 3 is 2.50 bits per heavy atom. The van der Waals surface area contributed by atoms with Crippen LogP contribution >= 0.6 is 0 Å². The highest BCUT2D eigenvalue weighted by Crippen LogP contribution is 2.27. The monoisotopic (exact) mass is 400 g/mol. The predicted octanol–water partition coefficient (Wildman–Crippen LogP) is 4.33. The molecule has 7 nitrogen and oxygen atoms in total. The minimum absolute atomic E-state index is 0.0267. The third kappa shape index (κ3) is 3.87. The molecule has 30 heavy (non-hydrogen) atoms. The van der Waals surface area contributed by atoms with Gasteiger partial charge in [-0.1, -0.05) is 32.9 Å². The third-order valence-electron chi connectivity index (χ3n) is 4.86. The van der Waals surface area contributed by atoms with Crippen LogP contribution < -0.4 is 11.1 Å². The first-order valence-corrected chi connectivity index (χ1v) is 9.71. The Hall–Kier alpha value is -3.74. The number of nitrogens with one attached hydrogen (secondary N) is 1. The van der Waals surface area contributed by atoms with Crippen molar-refractivity contribution in [3.63, 3.8) is 0 Å². The zero-order valence-electron chi connectivity index (χ0n) is 17.5. The van der Waals surface area contributed by atoms with Gasteiger partial charge in [-0.3, -0.25) is 4.79 Å². The average molecular weight is 400 g/mol. The summed E-state index contributed by atoms with van der Waals surface area (Å²) in [5, 5.41) is 7.67. The molecule has 7 heteroatoms. The van der Waals surface area contributed by atoms with Gasteiger partial charge in [0.15, 0.2) is 5.65 Å². The second-order valence-corrected chi connectivity index (χ2v) is 8.35. The number of benzene rings is 1. The summed E-state index contributed by atoms with van der Waals surface area (Å²) in [6.45, 7) is 7.65. The highest BCUT2D eigenvalue weighted by atomic mass is 16.2. The molecule has 1 aromatic carbocycles. The van der Waals surface area contributed by atoms with E-state index in [1.54, 1.807) is 16.8 Å². The molecule has 1 amide bonds. The summed E-state index contributed by atoms with van der Waals surface area (Å²) in [7, 11) is 0. The number of carbonyl (C=O) groups excluding carboxylic acids is 1. The molecule has 0 radical (unpaired) electrons. The van der Waals surface area contributed by atoms with E-state index in [0.29, 0.717) is 5.82 Å². The first-order valence-electron chi connectivity index (χ1n) is 9.71. The number of aromatic nitrogens is 4. The van der Waals surface area contributed by atoms with Crippen LogP contribution in [-0.2, 0) is 4.79 Å². The first-order chi connectivity index (χ1) is 14.2. The lowest BCUT2D eigenvalue weighted by atomic mass is 9.95. The number of nitrogens with zero attached hydrogens (tertiary/aromatic N) is 4. The molecule has 0 aliphatic heterocycles. The summed E-state index contributed by atoms with van der Waals surface area (Å²) in [6, 6.07) is 13.4. The van der Waals surface area contributed by atoms with E-state index in [4.69, 9.17) is 5.73 Å². The Bertz CT molecular complexity index is 1240. The van der Waals surface area contributed by atoms with Crippen LogP contribution in [0.2, 0.25) is 0 Å². The number of aryl methyl sites for hydroxylation is 1. The number of nitrogens with two attached hydrogens (primary N) is 1. The van der Waals surface area contributed by atoms with Crippen molar-refractivity contribution in [1.82, 2.24) is 19.6 Å². The summed E-state index contributed by atoms with van der Waals surface area (Å²) >= 11 is 0. The number of rotatable bonds is 3. The summed E-state index contributed by atoms with van der Waals surface area (Å²) in [5.41, 5.74) is 11.1. The maximum Gasteiger partial charge on any atom is 0.229 e. The lowest BCUT2D eigenvalue weighted by Crippen LogP contribution is -2.27. The van der Waals surface area contributed by atoms with Crippen molar-refractivity contribution in [3.8, 4) is 22.5 Å². The van der Waals surface area contributed by atoms with E-state index < -0.39 is 5.41 Å². The smallest absolute Gasteiger partial charge is 0.229 e. The van der Waals surface area contributed by atoms with Crippen molar-refractivity contribution in [2.75, 3.05) is 11.1 Å². The van der Waals surface area contributed by atoms with Crippen molar-refractivity contribution in [2.24, 2.45) is 5.41 Å². The molecule has 0 fully saturated rings. The molecule has 0 saturated heterocycles. The molecule has 0 saturated carbocycles. The van der Waals surface area contributed by atoms with Gasteiger partial charge in [0.05, 0.1) is 17.6 Å². The van der Waals surface area contributed by atoms with Gasteiger partial charge >= 0.3 is 0 Å². The molecular weight excluding hydrogens is 376 g/mol. The maximum atomic E-state index is 12.4. The zero-order valence-corrected chi connectivity index (χ0v) is 17.5. The summed E-state index contributed by atoms with van der Waals surface area (Å²) in [5.74, 6) is 0.444. The van der Waals surface area contributed by atoms with Crippen molar-refractivity contribution in [1.29, 1.82) is 0 Å². The summed E-state index contributed by atoms with van der Waals surface area (Å²) in [6.07, 6.45) is 3.58. The van der Waals surface area contributed by atoms with Crippen LogP contribution in [0.25, 0.3) is 28.2 Å². The van der Waals surface area contributed by atoms with E-state index in [-0.39, 0.29) is 5.91 Å². The highest BCUT2D eigenvalue weighted by molar-refractivity contribution is 5.95. The Morgan fingerprint density at radius 2 is 1.80 bits per heavy atom. The van der Waals surface area contributed by atoms with Crippen LogP contribution in [0.4, 0.5) is 11.5 Å². The second-order valence-electron chi connectivity index (χ2n) is 8.35. The second kappa shape index (κ2) is 7.26. The van der Waals surface area contributed by atoms with Crippen LogP contribution in [0.15, 0.2) is 54.9 Å². The number of hydrogen-bond donors (Lipinski definition) is 2. The number of imidazole rings is 1. The van der Waals surface area contributed by atoms with Crippen molar-refractivity contribution >= 4 is 23.1 Å². The maximum absolute atomic E-state index is 12.4. The zero-order chi connectivity index (χ0) is 21.5. The minimum Gasteiger partial charge on any atom is -0.384 e. The Labute approximate surface area is 175 Å². The van der Waals surface area contributed by atoms with Crippen LogP contribution in [0, 0.1) is 12.3 Å². The van der Waals surface area contributed by atoms with Gasteiger partial charge in [0.2, 0.25) is 5.91 Å². The lowest BCUT2D eigenvalue weighted by Gasteiger charge is -2.19. The fourth-order valence-electron chi connectivity index (χ4n) is 2.96. The number of nitrogen functional groups attached to an aromatic ring is 1. The standard InChI is InChI=1S/C23H24N6O/c1-14-5-6-15(11-18(14)27-22(30)23(2,3)4)19-13-29-21(26-19)10-8-17(28-29)16-7-9-20(24)25-12-16/h5-13H,1-4H3,(H2,24,25)(H,27,30). The lowest BCUT2D eigenvalue weighted by molar-refractivity contribution is -0.123. The van der Waals surface area contributed by atoms with Gasteiger partial charge in [-0.05, 0) is 42.8 Å².